The van der Waals surface area contributed by atoms with Crippen molar-refractivity contribution in [3.8, 4) is 11.3 Å². The summed E-state index contributed by atoms with van der Waals surface area (Å²) >= 11 is 0. The van der Waals surface area contributed by atoms with E-state index in [1.54, 1.807) is 0 Å². The van der Waals surface area contributed by atoms with Gasteiger partial charge in [-0.1, -0.05) is 0 Å². The maximum atomic E-state index is 7.00. The van der Waals surface area contributed by atoms with E-state index in [1.807, 2.05) is 29.9 Å². The number of rotatable bonds is 3. The summed E-state index contributed by atoms with van der Waals surface area (Å²) in [5.74, 6) is 1.06. The second-order valence-corrected chi connectivity index (χ2v) is 7.20. The molecular weight excluding hydrogens is 368 g/mol. The highest BCUT2D eigenvalue weighted by Crippen LogP contribution is 2.29. The van der Waals surface area contributed by atoms with Crippen molar-refractivity contribution in [2.24, 2.45) is 0 Å². The molecule has 1 N–H and O–H groups in total. The average molecular weight is 396 g/mol. The number of aromatic nitrogens is 4. The lowest BCUT2D eigenvalue weighted by Crippen LogP contribution is -2.36. The molecular formula is C21H28N6O2. The van der Waals surface area contributed by atoms with Gasteiger partial charge >= 0.3 is 0 Å². The Kier molecular flexibility index (Phi) is 5.92. The molecule has 3 aromatic rings. The molecule has 5 heterocycles. The second kappa shape index (κ2) is 8.75. The molecule has 0 saturated carbocycles. The minimum Gasteiger partial charge on any atom is -0.400 e. The number of ether oxygens (including phenoxy) is 1. The lowest BCUT2D eigenvalue weighted by Gasteiger charge is -2.28. The van der Waals surface area contributed by atoms with Crippen LogP contribution in [0, 0.1) is 6.92 Å². The molecule has 154 valence electrons. The summed E-state index contributed by atoms with van der Waals surface area (Å²) in [7, 11) is 1.00. The second-order valence-electron chi connectivity index (χ2n) is 7.20. The first-order valence-corrected chi connectivity index (χ1v) is 10.1. The van der Waals surface area contributed by atoms with E-state index in [2.05, 4.69) is 27.0 Å². The Bertz CT molecular complexity index is 944. The molecule has 0 radical (unpaired) electrons. The summed E-state index contributed by atoms with van der Waals surface area (Å²) in [4.78, 5) is 14.2. The van der Waals surface area contributed by atoms with E-state index in [-0.39, 0.29) is 0 Å². The van der Waals surface area contributed by atoms with Gasteiger partial charge in [0.15, 0.2) is 5.65 Å². The highest BCUT2D eigenvalue weighted by atomic mass is 16.5. The largest absolute Gasteiger partial charge is 0.400 e. The SMILES string of the molecule is CO.Cc1nc2c(N3CCOCC3)ccnn2c1-c1ccc(N2CCCC2)nc1. The zero-order valence-corrected chi connectivity index (χ0v) is 17.1. The van der Waals surface area contributed by atoms with Gasteiger partial charge in [0.25, 0.3) is 0 Å². The van der Waals surface area contributed by atoms with E-state index in [9.17, 15) is 0 Å². The highest BCUT2D eigenvalue weighted by Gasteiger charge is 2.20. The van der Waals surface area contributed by atoms with E-state index in [1.165, 1.54) is 12.8 Å². The van der Waals surface area contributed by atoms with Crippen molar-refractivity contribution in [2.45, 2.75) is 19.8 Å². The zero-order valence-electron chi connectivity index (χ0n) is 17.1. The maximum absolute atomic E-state index is 7.00. The number of aliphatic hydroxyl groups is 1. The molecule has 2 aliphatic heterocycles. The lowest BCUT2D eigenvalue weighted by atomic mass is 10.2. The van der Waals surface area contributed by atoms with Gasteiger partial charge in [-0.2, -0.15) is 5.10 Å². The van der Waals surface area contributed by atoms with Crippen molar-refractivity contribution < 1.29 is 9.84 Å². The maximum Gasteiger partial charge on any atom is 0.178 e. The van der Waals surface area contributed by atoms with Gasteiger partial charge in [0.05, 0.1) is 36.5 Å². The number of aryl methyl sites for hydroxylation is 1. The number of pyridine rings is 1. The Morgan fingerprint density at radius 1 is 0.966 bits per heavy atom. The smallest absolute Gasteiger partial charge is 0.178 e. The minimum absolute atomic E-state index is 0.753. The van der Waals surface area contributed by atoms with Crippen molar-refractivity contribution >= 4 is 17.2 Å². The molecule has 5 rings (SSSR count). The molecule has 3 aromatic heterocycles. The Balaban J connectivity index is 0.000000994. The highest BCUT2D eigenvalue weighted by molar-refractivity contribution is 5.75. The van der Waals surface area contributed by atoms with Gasteiger partial charge in [-0.3, -0.25) is 0 Å². The molecule has 2 saturated heterocycles. The van der Waals surface area contributed by atoms with E-state index >= 15 is 0 Å². The Labute approximate surface area is 170 Å². The Morgan fingerprint density at radius 2 is 1.72 bits per heavy atom. The number of aliphatic hydroxyl groups excluding tert-OH is 1. The summed E-state index contributed by atoms with van der Waals surface area (Å²) < 4.78 is 7.44. The average Bonchev–Trinajstić information content (AvgIpc) is 3.43. The predicted molar refractivity (Wildman–Crippen MR) is 114 cm³/mol. The van der Waals surface area contributed by atoms with Crippen molar-refractivity contribution in [1.29, 1.82) is 0 Å². The predicted octanol–water partition coefficient (Wildman–Crippen LogP) is 2.15. The molecule has 0 bridgehead atoms. The molecule has 8 heteroatoms. The van der Waals surface area contributed by atoms with Gasteiger partial charge in [-0.05, 0) is 38.0 Å². The van der Waals surface area contributed by atoms with E-state index < -0.39 is 0 Å². The number of imidazole rings is 1. The molecule has 0 spiro atoms. The molecule has 0 atom stereocenters. The fourth-order valence-electron chi connectivity index (χ4n) is 4.08. The van der Waals surface area contributed by atoms with Gasteiger partial charge in [-0.15, -0.1) is 0 Å². The Morgan fingerprint density at radius 3 is 2.41 bits per heavy atom. The van der Waals surface area contributed by atoms with E-state index in [0.717, 1.165) is 80.6 Å². The number of nitrogens with zero attached hydrogens (tertiary/aromatic N) is 6. The van der Waals surface area contributed by atoms with Crippen LogP contribution in [0.15, 0.2) is 30.6 Å². The summed E-state index contributed by atoms with van der Waals surface area (Å²) in [6.45, 7) is 7.52. The van der Waals surface area contributed by atoms with E-state index in [4.69, 9.17) is 19.8 Å². The van der Waals surface area contributed by atoms with Crippen LogP contribution in [0.2, 0.25) is 0 Å². The van der Waals surface area contributed by atoms with E-state index in [0.29, 0.717) is 0 Å². The number of morpholine rings is 1. The summed E-state index contributed by atoms with van der Waals surface area (Å²) in [6, 6.07) is 6.30. The number of anilines is 2. The van der Waals surface area contributed by atoms with Crippen molar-refractivity contribution in [3.05, 3.63) is 36.3 Å². The van der Waals surface area contributed by atoms with Crippen LogP contribution in [-0.2, 0) is 4.74 Å². The molecule has 0 aromatic carbocycles. The summed E-state index contributed by atoms with van der Waals surface area (Å²) in [6.07, 6.45) is 6.32. The fraction of sp³-hybridized carbons (Fsp3) is 0.476. The van der Waals surface area contributed by atoms with Gasteiger partial charge in [-0.25, -0.2) is 14.5 Å². The molecule has 0 aliphatic carbocycles. The molecule has 2 aliphatic rings. The summed E-state index contributed by atoms with van der Waals surface area (Å²) in [5.41, 5.74) is 5.05. The van der Waals surface area contributed by atoms with Gasteiger partial charge in [0, 0.05) is 45.0 Å². The lowest BCUT2D eigenvalue weighted by molar-refractivity contribution is 0.123. The third-order valence-electron chi connectivity index (χ3n) is 5.48. The molecule has 0 amide bonds. The summed E-state index contributed by atoms with van der Waals surface area (Å²) in [5, 5.41) is 11.6. The quantitative estimate of drug-likeness (QED) is 0.727. The van der Waals surface area contributed by atoms with Crippen molar-refractivity contribution in [3.63, 3.8) is 0 Å². The minimum atomic E-state index is 0.753. The topological polar surface area (TPSA) is 79.0 Å². The van der Waals surface area contributed by atoms with Crippen LogP contribution in [-0.4, -0.2) is 71.2 Å². The van der Waals surface area contributed by atoms with Gasteiger partial charge in [0.2, 0.25) is 0 Å². The van der Waals surface area contributed by atoms with Crippen molar-refractivity contribution in [1.82, 2.24) is 19.6 Å². The van der Waals surface area contributed by atoms with Crippen molar-refractivity contribution in [2.75, 3.05) is 56.3 Å². The van der Waals surface area contributed by atoms with Crippen LogP contribution < -0.4 is 9.80 Å². The normalized spacial score (nSPS) is 16.8. The van der Waals surface area contributed by atoms with Crippen LogP contribution in [0.25, 0.3) is 16.9 Å². The van der Waals surface area contributed by atoms with Crippen LogP contribution in [0.3, 0.4) is 0 Å². The molecule has 8 nitrogen and oxygen atoms in total. The number of hydrogen-bond donors (Lipinski definition) is 1. The number of hydrogen-bond acceptors (Lipinski definition) is 7. The zero-order chi connectivity index (χ0) is 20.2. The standard InChI is InChI=1S/C20H24N6O.CH4O/c1-15-19(16-4-5-18(21-14-16)25-8-2-3-9-25)26-20(23-15)17(6-7-22-26)24-10-12-27-13-11-24;1-2/h4-7,14H,2-3,8-13H2,1H3;2H,1H3. The number of fused-ring (bicyclic) bond motifs is 1. The van der Waals surface area contributed by atoms with Crippen LogP contribution in [0.5, 0.6) is 0 Å². The van der Waals surface area contributed by atoms with Crippen LogP contribution >= 0.6 is 0 Å². The molecule has 0 unspecified atom stereocenters. The van der Waals surface area contributed by atoms with Crippen LogP contribution in [0.4, 0.5) is 11.5 Å². The molecule has 29 heavy (non-hydrogen) atoms. The Hall–Kier alpha value is -2.71. The first-order chi connectivity index (χ1) is 14.3. The third kappa shape index (κ3) is 3.77. The first kappa shape index (κ1) is 19.6. The van der Waals surface area contributed by atoms with Gasteiger partial charge < -0.3 is 19.6 Å². The first-order valence-electron chi connectivity index (χ1n) is 10.1. The van der Waals surface area contributed by atoms with Crippen LogP contribution in [0.1, 0.15) is 18.5 Å². The molecule has 2 fully saturated rings. The third-order valence-corrected chi connectivity index (χ3v) is 5.48. The fourth-order valence-corrected chi connectivity index (χ4v) is 4.08. The van der Waals surface area contributed by atoms with Gasteiger partial charge in [0.1, 0.15) is 5.82 Å². The monoisotopic (exact) mass is 396 g/mol.